The van der Waals surface area contributed by atoms with E-state index in [9.17, 15) is 4.79 Å². The largest absolute Gasteiger partial charge is 0.331 e. The molecule has 142 valence electrons. The number of nitrogens with one attached hydrogen (secondary N) is 2. The van der Waals surface area contributed by atoms with Gasteiger partial charge < -0.3 is 10.2 Å². The summed E-state index contributed by atoms with van der Waals surface area (Å²) in [5.74, 6) is 1.80. The normalized spacial score (nSPS) is 23.8. The third-order valence-electron chi connectivity index (χ3n) is 6.15. The van der Waals surface area contributed by atoms with Crippen molar-refractivity contribution in [3.63, 3.8) is 0 Å². The Morgan fingerprint density at radius 1 is 1.11 bits per heavy atom. The summed E-state index contributed by atoms with van der Waals surface area (Å²) in [6, 6.07) is 16.2. The summed E-state index contributed by atoms with van der Waals surface area (Å²) in [6.45, 7) is 4.90. The van der Waals surface area contributed by atoms with Crippen LogP contribution in [0.3, 0.4) is 0 Å². The summed E-state index contributed by atoms with van der Waals surface area (Å²) < 4.78 is 0. The van der Waals surface area contributed by atoms with E-state index >= 15 is 0 Å². The monoisotopic (exact) mass is 373 g/mol. The molecule has 0 saturated carbocycles. The number of H-pyrrole nitrogens is 1. The van der Waals surface area contributed by atoms with Crippen LogP contribution in [0.2, 0.25) is 0 Å². The number of aromatic amines is 1. The number of aryl methyl sites for hydroxylation is 1. The zero-order valence-corrected chi connectivity index (χ0v) is 15.8. The maximum absolute atomic E-state index is 13.4. The van der Waals surface area contributed by atoms with Gasteiger partial charge in [-0.2, -0.15) is 5.10 Å². The van der Waals surface area contributed by atoms with Gasteiger partial charge in [0.25, 0.3) is 5.91 Å². The van der Waals surface area contributed by atoms with Crippen LogP contribution in [-0.4, -0.2) is 45.6 Å². The van der Waals surface area contributed by atoms with E-state index in [0.29, 0.717) is 17.7 Å². The lowest BCUT2D eigenvalue weighted by atomic mass is 9.87. The second kappa shape index (κ2) is 6.87. The van der Waals surface area contributed by atoms with Crippen LogP contribution in [0.25, 0.3) is 11.4 Å². The molecule has 0 unspecified atom stereocenters. The highest BCUT2D eigenvalue weighted by Gasteiger charge is 2.47. The summed E-state index contributed by atoms with van der Waals surface area (Å²) in [6.07, 6.45) is 1.48. The number of fused-ring (bicyclic) bond motifs is 1. The van der Waals surface area contributed by atoms with Crippen molar-refractivity contribution in [1.82, 2.24) is 25.4 Å². The fraction of sp³-hybridized carbons (Fsp3) is 0.318. The molecule has 2 aliphatic heterocycles. The zero-order chi connectivity index (χ0) is 19.1. The first-order chi connectivity index (χ1) is 13.7. The zero-order valence-electron chi connectivity index (χ0n) is 15.8. The molecule has 2 saturated heterocycles. The number of nitrogens with zero attached hydrogens (tertiary/aromatic N) is 3. The Hall–Kier alpha value is -2.99. The van der Waals surface area contributed by atoms with Crippen LogP contribution in [0.1, 0.15) is 27.5 Å². The number of likely N-dealkylation sites (tertiary alicyclic amines) is 1. The van der Waals surface area contributed by atoms with Gasteiger partial charge >= 0.3 is 0 Å². The molecule has 6 heteroatoms. The molecule has 1 amide bonds. The minimum absolute atomic E-state index is 0.103. The summed E-state index contributed by atoms with van der Waals surface area (Å²) >= 11 is 0. The molecule has 3 heterocycles. The molecule has 2 N–H and O–H groups in total. The molecule has 2 aliphatic rings. The Morgan fingerprint density at radius 2 is 1.93 bits per heavy atom. The van der Waals surface area contributed by atoms with Crippen LogP contribution >= 0.6 is 0 Å². The topological polar surface area (TPSA) is 73.9 Å². The van der Waals surface area contributed by atoms with Crippen molar-refractivity contribution in [3.05, 3.63) is 71.5 Å². The highest BCUT2D eigenvalue weighted by molar-refractivity contribution is 5.95. The van der Waals surface area contributed by atoms with Gasteiger partial charge in [0.2, 0.25) is 0 Å². The number of rotatable bonds is 3. The van der Waals surface area contributed by atoms with Crippen molar-refractivity contribution in [3.8, 4) is 11.4 Å². The molecular formula is C22H23N5O. The van der Waals surface area contributed by atoms with Crippen LogP contribution in [0, 0.1) is 18.8 Å². The van der Waals surface area contributed by atoms with Gasteiger partial charge in [-0.15, -0.1) is 0 Å². The molecular weight excluding hydrogens is 350 g/mol. The standard InChI is InChI=1S/C22H23N5O/c1-14-4-2-3-5-18(14)20-19-11-23-10-17(19)12-27(20)22(28)16-8-6-15(7-9-16)21-24-13-25-26-21/h2-9,13,17,19-20,23H,10-12H2,1H3,(H,24,25,26)/t17-,19-,20+/m0/s1. The first kappa shape index (κ1) is 17.1. The lowest BCUT2D eigenvalue weighted by Gasteiger charge is -2.29. The van der Waals surface area contributed by atoms with Crippen molar-refractivity contribution in [2.45, 2.75) is 13.0 Å². The van der Waals surface area contributed by atoms with E-state index < -0.39 is 0 Å². The Bertz CT molecular complexity index is 982. The third kappa shape index (κ3) is 2.81. The predicted octanol–water partition coefficient (Wildman–Crippen LogP) is 2.81. The maximum atomic E-state index is 13.4. The Labute approximate surface area is 164 Å². The van der Waals surface area contributed by atoms with Gasteiger partial charge in [-0.3, -0.25) is 9.89 Å². The predicted molar refractivity (Wildman–Crippen MR) is 107 cm³/mol. The van der Waals surface area contributed by atoms with Crippen molar-refractivity contribution in [2.75, 3.05) is 19.6 Å². The van der Waals surface area contributed by atoms with Gasteiger partial charge in [0.1, 0.15) is 6.33 Å². The van der Waals surface area contributed by atoms with Gasteiger partial charge in [0.15, 0.2) is 5.82 Å². The second-order valence-electron chi connectivity index (χ2n) is 7.75. The number of carbonyl (C=O) groups excluding carboxylic acids is 1. The van der Waals surface area contributed by atoms with Crippen molar-refractivity contribution in [2.24, 2.45) is 11.8 Å². The summed E-state index contributed by atoms with van der Waals surface area (Å²) in [7, 11) is 0. The number of hydrogen-bond donors (Lipinski definition) is 2. The van der Waals surface area contributed by atoms with Crippen LogP contribution in [0.15, 0.2) is 54.9 Å². The number of benzene rings is 2. The smallest absolute Gasteiger partial charge is 0.254 e. The summed E-state index contributed by atoms with van der Waals surface area (Å²) in [4.78, 5) is 19.7. The van der Waals surface area contributed by atoms with E-state index in [4.69, 9.17) is 0 Å². The van der Waals surface area contributed by atoms with Crippen molar-refractivity contribution in [1.29, 1.82) is 0 Å². The molecule has 3 atom stereocenters. The molecule has 2 aromatic carbocycles. The maximum Gasteiger partial charge on any atom is 0.254 e. The Morgan fingerprint density at radius 3 is 2.68 bits per heavy atom. The Kier molecular flexibility index (Phi) is 4.20. The first-order valence-electron chi connectivity index (χ1n) is 9.75. The Balaban J connectivity index is 1.47. The molecule has 3 aromatic rings. The quantitative estimate of drug-likeness (QED) is 0.740. The number of aromatic nitrogens is 3. The van der Waals surface area contributed by atoms with Crippen molar-refractivity contribution >= 4 is 5.91 Å². The first-order valence-corrected chi connectivity index (χ1v) is 9.75. The fourth-order valence-electron chi connectivity index (χ4n) is 4.73. The van der Waals surface area contributed by atoms with E-state index in [-0.39, 0.29) is 11.9 Å². The van der Waals surface area contributed by atoms with Crippen LogP contribution in [-0.2, 0) is 0 Å². The molecule has 5 rings (SSSR count). The van der Waals surface area contributed by atoms with Gasteiger partial charge in [-0.05, 0) is 36.1 Å². The molecule has 0 spiro atoms. The lowest BCUT2D eigenvalue weighted by Crippen LogP contribution is -2.35. The summed E-state index contributed by atoms with van der Waals surface area (Å²) in [5, 5.41) is 10.3. The molecule has 6 nitrogen and oxygen atoms in total. The van der Waals surface area contributed by atoms with E-state index in [1.165, 1.54) is 17.5 Å². The third-order valence-corrected chi connectivity index (χ3v) is 6.15. The second-order valence-corrected chi connectivity index (χ2v) is 7.75. The number of carbonyl (C=O) groups is 1. The van der Waals surface area contributed by atoms with E-state index in [0.717, 1.165) is 30.8 Å². The van der Waals surface area contributed by atoms with Crippen LogP contribution in [0.4, 0.5) is 0 Å². The van der Waals surface area contributed by atoms with Gasteiger partial charge in [-0.1, -0.05) is 36.4 Å². The average molecular weight is 373 g/mol. The molecule has 0 bridgehead atoms. The van der Waals surface area contributed by atoms with Crippen molar-refractivity contribution < 1.29 is 4.79 Å². The molecule has 0 aliphatic carbocycles. The lowest BCUT2D eigenvalue weighted by molar-refractivity contribution is 0.0713. The summed E-state index contributed by atoms with van der Waals surface area (Å²) in [5.41, 5.74) is 4.16. The van der Waals surface area contributed by atoms with Gasteiger partial charge in [0.05, 0.1) is 6.04 Å². The highest BCUT2D eigenvalue weighted by Crippen LogP contribution is 2.44. The van der Waals surface area contributed by atoms with Gasteiger partial charge in [-0.25, -0.2) is 4.98 Å². The molecule has 2 fully saturated rings. The fourth-order valence-corrected chi connectivity index (χ4v) is 4.73. The molecule has 0 radical (unpaired) electrons. The van der Waals surface area contributed by atoms with E-state index in [1.54, 1.807) is 0 Å². The number of hydrogen-bond acceptors (Lipinski definition) is 4. The highest BCUT2D eigenvalue weighted by atomic mass is 16.2. The SMILES string of the molecule is Cc1ccccc1[C@@H]1[C@H]2CNC[C@H]2CN1C(=O)c1ccc(-c2ncn[nH]2)cc1. The number of amides is 1. The van der Waals surface area contributed by atoms with Crippen LogP contribution < -0.4 is 5.32 Å². The van der Waals surface area contributed by atoms with Crippen LogP contribution in [0.5, 0.6) is 0 Å². The van der Waals surface area contributed by atoms with Gasteiger partial charge in [0, 0.05) is 36.7 Å². The minimum atomic E-state index is 0.103. The minimum Gasteiger partial charge on any atom is -0.331 e. The van der Waals surface area contributed by atoms with E-state index in [1.807, 2.05) is 24.3 Å². The molecule has 28 heavy (non-hydrogen) atoms. The van der Waals surface area contributed by atoms with E-state index in [2.05, 4.69) is 56.6 Å². The average Bonchev–Trinajstić information content (AvgIpc) is 3.45. The molecule has 1 aromatic heterocycles.